The van der Waals surface area contributed by atoms with Crippen LogP contribution in [0.25, 0.3) is 0 Å². The van der Waals surface area contributed by atoms with E-state index in [1.807, 2.05) is 0 Å². The Hall–Kier alpha value is -0.0800. The predicted molar refractivity (Wildman–Crippen MR) is 79.0 cm³/mol. The molecule has 1 rings (SSSR count). The quantitative estimate of drug-likeness (QED) is 0.686. The van der Waals surface area contributed by atoms with Crippen molar-refractivity contribution in [2.24, 2.45) is 0 Å². The van der Waals surface area contributed by atoms with Gasteiger partial charge in [0.05, 0.1) is 11.2 Å². The van der Waals surface area contributed by atoms with Crippen LogP contribution in [0.15, 0.2) is 0 Å². The molecule has 1 heterocycles. The minimum Gasteiger partial charge on any atom is -0.368 e. The van der Waals surface area contributed by atoms with Crippen molar-refractivity contribution in [3.05, 3.63) is 0 Å². The van der Waals surface area contributed by atoms with Crippen molar-refractivity contribution >= 4 is 0 Å². The van der Waals surface area contributed by atoms with Gasteiger partial charge >= 0.3 is 0 Å². The number of nitrogens with one attached hydrogen (secondary N) is 1. The van der Waals surface area contributed by atoms with E-state index >= 15 is 0 Å². The topological polar surface area (TPSA) is 21.3 Å². The highest BCUT2D eigenvalue weighted by molar-refractivity contribution is 4.99. The molecule has 1 saturated heterocycles. The average molecular weight is 255 g/mol. The molecular weight excluding hydrogens is 222 g/mol. The van der Waals surface area contributed by atoms with E-state index in [1.54, 1.807) is 0 Å². The lowest BCUT2D eigenvalue weighted by Crippen LogP contribution is -2.47. The largest absolute Gasteiger partial charge is 0.368 e. The number of ether oxygens (including phenoxy) is 1. The van der Waals surface area contributed by atoms with Gasteiger partial charge in [0.2, 0.25) is 0 Å². The van der Waals surface area contributed by atoms with Gasteiger partial charge in [-0.05, 0) is 47.5 Å². The molecule has 2 unspecified atom stereocenters. The molecule has 18 heavy (non-hydrogen) atoms. The number of rotatable bonds is 7. The molecule has 0 aliphatic carbocycles. The molecule has 0 bridgehead atoms. The Kier molecular flexibility index (Phi) is 5.67. The fraction of sp³-hybridized carbons (Fsp3) is 1.00. The van der Waals surface area contributed by atoms with E-state index < -0.39 is 0 Å². The SMILES string of the molecule is CCCCCCC(C)NC1CC(C)(C)OC1(C)C. The molecule has 108 valence electrons. The zero-order valence-electron chi connectivity index (χ0n) is 13.3. The van der Waals surface area contributed by atoms with Crippen LogP contribution in [0.3, 0.4) is 0 Å². The van der Waals surface area contributed by atoms with E-state index in [1.165, 1.54) is 32.1 Å². The summed E-state index contributed by atoms with van der Waals surface area (Å²) in [5.41, 5.74) is -0.0235. The second-order valence-corrected chi connectivity index (χ2v) is 7.14. The van der Waals surface area contributed by atoms with Gasteiger partial charge in [-0.25, -0.2) is 0 Å². The highest BCUT2D eigenvalue weighted by Gasteiger charge is 2.45. The van der Waals surface area contributed by atoms with Crippen LogP contribution in [-0.4, -0.2) is 23.3 Å². The lowest BCUT2D eigenvalue weighted by atomic mass is 9.93. The Morgan fingerprint density at radius 3 is 2.33 bits per heavy atom. The van der Waals surface area contributed by atoms with Gasteiger partial charge < -0.3 is 10.1 Å². The third kappa shape index (κ3) is 4.89. The lowest BCUT2D eigenvalue weighted by Gasteiger charge is -2.30. The molecule has 0 amide bonds. The van der Waals surface area contributed by atoms with Crippen LogP contribution in [0.1, 0.15) is 80.1 Å². The first kappa shape index (κ1) is 16.0. The Balaban J connectivity index is 2.33. The van der Waals surface area contributed by atoms with Crippen molar-refractivity contribution in [3.8, 4) is 0 Å². The van der Waals surface area contributed by atoms with Crippen LogP contribution in [0, 0.1) is 0 Å². The predicted octanol–water partition coefficient (Wildman–Crippen LogP) is 4.28. The van der Waals surface area contributed by atoms with Gasteiger partial charge in [0.25, 0.3) is 0 Å². The third-order valence-corrected chi connectivity index (χ3v) is 4.05. The first-order valence-electron chi connectivity index (χ1n) is 7.73. The maximum absolute atomic E-state index is 6.13. The molecule has 0 aromatic heterocycles. The zero-order valence-corrected chi connectivity index (χ0v) is 13.3. The maximum atomic E-state index is 6.13. The Morgan fingerprint density at radius 1 is 1.17 bits per heavy atom. The maximum Gasteiger partial charge on any atom is 0.0787 e. The van der Waals surface area contributed by atoms with E-state index in [4.69, 9.17) is 4.74 Å². The summed E-state index contributed by atoms with van der Waals surface area (Å²) in [6, 6.07) is 1.08. The number of unbranched alkanes of at least 4 members (excludes halogenated alkanes) is 3. The Bertz CT molecular complexity index is 247. The van der Waals surface area contributed by atoms with E-state index in [0.29, 0.717) is 12.1 Å². The molecule has 1 N–H and O–H groups in total. The summed E-state index contributed by atoms with van der Waals surface area (Å²) in [5.74, 6) is 0. The zero-order chi connectivity index (χ0) is 13.8. The smallest absolute Gasteiger partial charge is 0.0787 e. The molecule has 2 atom stereocenters. The summed E-state index contributed by atoms with van der Waals surface area (Å²) >= 11 is 0. The van der Waals surface area contributed by atoms with Crippen LogP contribution in [0.5, 0.6) is 0 Å². The summed E-state index contributed by atoms with van der Waals surface area (Å²) < 4.78 is 6.13. The summed E-state index contributed by atoms with van der Waals surface area (Å²) in [5, 5.41) is 3.78. The van der Waals surface area contributed by atoms with Crippen molar-refractivity contribution in [2.45, 2.75) is 103 Å². The highest BCUT2D eigenvalue weighted by Crippen LogP contribution is 2.37. The Morgan fingerprint density at radius 2 is 1.83 bits per heavy atom. The number of hydrogen-bond donors (Lipinski definition) is 1. The van der Waals surface area contributed by atoms with Crippen molar-refractivity contribution < 1.29 is 4.74 Å². The van der Waals surface area contributed by atoms with Gasteiger partial charge in [0.1, 0.15) is 0 Å². The van der Waals surface area contributed by atoms with Crippen LogP contribution in [0.4, 0.5) is 0 Å². The first-order valence-corrected chi connectivity index (χ1v) is 7.73. The van der Waals surface area contributed by atoms with Crippen LogP contribution in [-0.2, 0) is 4.74 Å². The first-order chi connectivity index (χ1) is 8.27. The van der Waals surface area contributed by atoms with E-state index in [-0.39, 0.29) is 11.2 Å². The molecule has 0 spiro atoms. The van der Waals surface area contributed by atoms with Gasteiger partial charge in [-0.1, -0.05) is 32.6 Å². The highest BCUT2D eigenvalue weighted by atomic mass is 16.5. The molecule has 1 fully saturated rings. The molecule has 0 radical (unpaired) electrons. The molecule has 1 aliphatic heterocycles. The van der Waals surface area contributed by atoms with Gasteiger partial charge in [0, 0.05) is 12.1 Å². The minimum atomic E-state index is -0.0405. The Labute approximate surface area is 114 Å². The van der Waals surface area contributed by atoms with Crippen LogP contribution < -0.4 is 5.32 Å². The molecule has 2 heteroatoms. The van der Waals surface area contributed by atoms with Crippen molar-refractivity contribution in [3.63, 3.8) is 0 Å². The summed E-state index contributed by atoms with van der Waals surface area (Å²) in [4.78, 5) is 0. The normalized spacial score (nSPS) is 27.3. The van der Waals surface area contributed by atoms with Gasteiger partial charge in [-0.3, -0.25) is 0 Å². The van der Waals surface area contributed by atoms with Crippen LogP contribution in [0.2, 0.25) is 0 Å². The van der Waals surface area contributed by atoms with Crippen molar-refractivity contribution in [2.75, 3.05) is 0 Å². The molecule has 2 nitrogen and oxygen atoms in total. The van der Waals surface area contributed by atoms with Gasteiger partial charge in [0.15, 0.2) is 0 Å². The fourth-order valence-corrected chi connectivity index (χ4v) is 3.13. The van der Waals surface area contributed by atoms with E-state index in [0.717, 1.165) is 6.42 Å². The van der Waals surface area contributed by atoms with Gasteiger partial charge in [-0.2, -0.15) is 0 Å². The van der Waals surface area contributed by atoms with Crippen LogP contribution >= 0.6 is 0 Å². The summed E-state index contributed by atoms with van der Waals surface area (Å²) in [6.45, 7) is 13.4. The average Bonchev–Trinajstić information content (AvgIpc) is 2.41. The number of hydrogen-bond acceptors (Lipinski definition) is 2. The molecular formula is C16H33NO. The monoisotopic (exact) mass is 255 g/mol. The van der Waals surface area contributed by atoms with Crippen molar-refractivity contribution in [1.29, 1.82) is 0 Å². The van der Waals surface area contributed by atoms with Gasteiger partial charge in [-0.15, -0.1) is 0 Å². The molecule has 0 saturated carbocycles. The summed E-state index contributed by atoms with van der Waals surface area (Å²) in [6.07, 6.45) is 7.81. The van der Waals surface area contributed by atoms with Crippen molar-refractivity contribution in [1.82, 2.24) is 5.32 Å². The fourth-order valence-electron chi connectivity index (χ4n) is 3.13. The third-order valence-electron chi connectivity index (χ3n) is 4.05. The van der Waals surface area contributed by atoms with E-state index in [2.05, 4.69) is 46.9 Å². The lowest BCUT2D eigenvalue weighted by molar-refractivity contribution is -0.0704. The van der Waals surface area contributed by atoms with E-state index in [9.17, 15) is 0 Å². The standard InChI is InChI=1S/C16H33NO/c1-7-8-9-10-11-13(2)17-14-12-15(3,4)18-16(14,5)6/h13-14,17H,7-12H2,1-6H3. The second-order valence-electron chi connectivity index (χ2n) is 7.14. The summed E-state index contributed by atoms with van der Waals surface area (Å²) in [7, 11) is 0. The minimum absolute atomic E-state index is 0.0170. The second kappa shape index (κ2) is 6.38. The molecule has 0 aromatic carbocycles. The molecule has 1 aliphatic rings. The molecule has 0 aromatic rings.